The van der Waals surface area contributed by atoms with E-state index in [-0.39, 0.29) is 5.91 Å². The molecule has 6 heteroatoms. The molecule has 32 heavy (non-hydrogen) atoms. The Morgan fingerprint density at radius 3 is 2.56 bits per heavy atom. The number of nitrogens with zero attached hydrogens (tertiary/aromatic N) is 3. The SMILES string of the molecule is CCNC(=NCCCC(=O)N1CCc2ccccc21)NC1CCN(c2ccccc2)CC1. The molecule has 170 valence electrons. The zero-order chi connectivity index (χ0) is 22.2. The summed E-state index contributed by atoms with van der Waals surface area (Å²) in [6.45, 7) is 6.47. The lowest BCUT2D eigenvalue weighted by Gasteiger charge is -2.34. The van der Waals surface area contributed by atoms with Crippen molar-refractivity contribution in [3.63, 3.8) is 0 Å². The van der Waals surface area contributed by atoms with Crippen molar-refractivity contribution in [2.75, 3.05) is 42.5 Å². The Morgan fingerprint density at radius 2 is 1.78 bits per heavy atom. The number of fused-ring (bicyclic) bond motifs is 1. The van der Waals surface area contributed by atoms with Crippen molar-refractivity contribution < 1.29 is 4.79 Å². The molecule has 1 fully saturated rings. The second kappa shape index (κ2) is 11.0. The second-order valence-corrected chi connectivity index (χ2v) is 8.53. The fraction of sp³-hybridized carbons (Fsp3) is 0.462. The Bertz CT molecular complexity index is 905. The molecule has 6 nitrogen and oxygen atoms in total. The lowest BCUT2D eigenvalue weighted by molar-refractivity contribution is -0.118. The van der Waals surface area contributed by atoms with Crippen molar-refractivity contribution in [3.8, 4) is 0 Å². The van der Waals surface area contributed by atoms with Gasteiger partial charge in [0, 0.05) is 56.6 Å². The summed E-state index contributed by atoms with van der Waals surface area (Å²) in [5, 5.41) is 6.96. The van der Waals surface area contributed by atoms with Crippen molar-refractivity contribution in [1.29, 1.82) is 0 Å². The number of aliphatic imine (C=N–C) groups is 1. The Balaban J connectivity index is 1.22. The standard InChI is InChI=1S/C26H35N5O/c1-2-27-26(29-22-15-18-30(19-16-22)23-10-4-3-5-11-23)28-17-8-13-25(32)31-20-14-21-9-6-7-12-24(21)31/h3-7,9-12,22H,2,8,13-20H2,1H3,(H2,27,28,29). The second-order valence-electron chi connectivity index (χ2n) is 8.53. The molecular weight excluding hydrogens is 398 g/mol. The largest absolute Gasteiger partial charge is 0.371 e. The van der Waals surface area contributed by atoms with E-state index in [9.17, 15) is 4.79 Å². The number of benzene rings is 2. The number of piperidine rings is 1. The summed E-state index contributed by atoms with van der Waals surface area (Å²) in [6, 6.07) is 19.3. The van der Waals surface area contributed by atoms with E-state index >= 15 is 0 Å². The Labute approximate surface area is 191 Å². The van der Waals surface area contributed by atoms with Gasteiger partial charge in [0.05, 0.1) is 0 Å². The minimum absolute atomic E-state index is 0.205. The Morgan fingerprint density at radius 1 is 1.03 bits per heavy atom. The van der Waals surface area contributed by atoms with Crippen LogP contribution in [0.1, 0.15) is 38.2 Å². The molecule has 4 rings (SSSR count). The average molecular weight is 434 g/mol. The van der Waals surface area contributed by atoms with Gasteiger partial charge in [-0.25, -0.2) is 0 Å². The van der Waals surface area contributed by atoms with E-state index < -0.39 is 0 Å². The first-order valence-electron chi connectivity index (χ1n) is 12.0. The molecule has 0 aromatic heterocycles. The summed E-state index contributed by atoms with van der Waals surface area (Å²) in [7, 11) is 0. The smallest absolute Gasteiger partial charge is 0.227 e. The van der Waals surface area contributed by atoms with E-state index in [0.29, 0.717) is 19.0 Å². The van der Waals surface area contributed by atoms with E-state index in [1.165, 1.54) is 11.3 Å². The van der Waals surface area contributed by atoms with Crippen LogP contribution in [0, 0.1) is 0 Å². The summed E-state index contributed by atoms with van der Waals surface area (Å²) in [5.41, 5.74) is 3.66. The highest BCUT2D eigenvalue weighted by atomic mass is 16.2. The lowest BCUT2D eigenvalue weighted by Crippen LogP contribution is -2.48. The molecule has 2 N–H and O–H groups in total. The third-order valence-corrected chi connectivity index (χ3v) is 6.31. The predicted molar refractivity (Wildman–Crippen MR) is 133 cm³/mol. The molecular formula is C26H35N5O. The topological polar surface area (TPSA) is 60.0 Å². The van der Waals surface area contributed by atoms with Crippen molar-refractivity contribution in [2.24, 2.45) is 4.99 Å². The normalized spacial score (nSPS) is 16.7. The summed E-state index contributed by atoms with van der Waals surface area (Å²) in [5.74, 6) is 1.07. The van der Waals surface area contributed by atoms with Crippen molar-refractivity contribution >= 4 is 23.2 Å². The number of carbonyl (C=O) groups is 1. The van der Waals surface area contributed by atoms with Gasteiger partial charge in [0.25, 0.3) is 0 Å². The van der Waals surface area contributed by atoms with Crippen LogP contribution in [-0.2, 0) is 11.2 Å². The number of amides is 1. The molecule has 2 aliphatic rings. The molecule has 0 spiro atoms. The number of guanidine groups is 1. The van der Waals surface area contributed by atoms with Gasteiger partial charge in [-0.15, -0.1) is 0 Å². The van der Waals surface area contributed by atoms with E-state index in [4.69, 9.17) is 4.99 Å². The van der Waals surface area contributed by atoms with Crippen LogP contribution < -0.4 is 20.4 Å². The molecule has 0 aliphatic carbocycles. The minimum Gasteiger partial charge on any atom is -0.371 e. The van der Waals surface area contributed by atoms with Crippen LogP contribution in [0.25, 0.3) is 0 Å². The first-order valence-corrected chi connectivity index (χ1v) is 12.0. The first-order chi connectivity index (χ1) is 15.7. The highest BCUT2D eigenvalue weighted by Gasteiger charge is 2.23. The van der Waals surface area contributed by atoms with Crippen LogP contribution in [0.3, 0.4) is 0 Å². The van der Waals surface area contributed by atoms with E-state index in [1.807, 2.05) is 17.0 Å². The Hall–Kier alpha value is -3.02. The quantitative estimate of drug-likeness (QED) is 0.398. The number of nitrogens with one attached hydrogen (secondary N) is 2. The molecule has 0 unspecified atom stereocenters. The van der Waals surface area contributed by atoms with Gasteiger partial charge in [-0.05, 0) is 56.4 Å². The predicted octanol–water partition coefficient (Wildman–Crippen LogP) is 3.58. The fourth-order valence-corrected chi connectivity index (χ4v) is 4.59. The third kappa shape index (κ3) is 5.61. The summed E-state index contributed by atoms with van der Waals surface area (Å²) in [6.07, 6.45) is 4.43. The van der Waals surface area contributed by atoms with Crippen LogP contribution in [0.15, 0.2) is 59.6 Å². The monoisotopic (exact) mass is 433 g/mol. The van der Waals surface area contributed by atoms with Crippen molar-refractivity contribution in [1.82, 2.24) is 10.6 Å². The van der Waals surface area contributed by atoms with Crippen LogP contribution >= 0.6 is 0 Å². The highest BCUT2D eigenvalue weighted by Crippen LogP contribution is 2.28. The summed E-state index contributed by atoms with van der Waals surface area (Å²) in [4.78, 5) is 21.8. The van der Waals surface area contributed by atoms with E-state index in [1.54, 1.807) is 0 Å². The molecule has 0 atom stereocenters. The minimum atomic E-state index is 0.205. The number of anilines is 2. The number of rotatable bonds is 7. The first kappa shape index (κ1) is 22.2. The zero-order valence-electron chi connectivity index (χ0n) is 19.1. The van der Waals surface area contributed by atoms with E-state index in [0.717, 1.165) is 63.5 Å². The molecule has 0 radical (unpaired) electrons. The molecule has 0 saturated carbocycles. The lowest BCUT2D eigenvalue weighted by atomic mass is 10.0. The molecule has 1 amide bonds. The van der Waals surface area contributed by atoms with Crippen LogP contribution in [0.5, 0.6) is 0 Å². The molecule has 2 aliphatic heterocycles. The van der Waals surface area contributed by atoms with Gasteiger partial charge >= 0.3 is 0 Å². The maximum atomic E-state index is 12.7. The molecule has 1 saturated heterocycles. The molecule has 2 aromatic rings. The summed E-state index contributed by atoms with van der Waals surface area (Å²) >= 11 is 0. The highest BCUT2D eigenvalue weighted by molar-refractivity contribution is 5.95. The fourth-order valence-electron chi connectivity index (χ4n) is 4.59. The molecule has 0 bridgehead atoms. The number of hydrogen-bond acceptors (Lipinski definition) is 3. The maximum Gasteiger partial charge on any atom is 0.227 e. The van der Waals surface area contributed by atoms with Crippen molar-refractivity contribution in [3.05, 3.63) is 60.2 Å². The van der Waals surface area contributed by atoms with Crippen LogP contribution in [0.4, 0.5) is 11.4 Å². The number of para-hydroxylation sites is 2. The average Bonchev–Trinajstić information content (AvgIpc) is 3.27. The van der Waals surface area contributed by atoms with Crippen LogP contribution in [0.2, 0.25) is 0 Å². The van der Waals surface area contributed by atoms with Crippen LogP contribution in [-0.4, -0.2) is 50.6 Å². The molecule has 2 heterocycles. The summed E-state index contributed by atoms with van der Waals surface area (Å²) < 4.78 is 0. The zero-order valence-corrected chi connectivity index (χ0v) is 19.1. The maximum absolute atomic E-state index is 12.7. The van der Waals surface area contributed by atoms with E-state index in [2.05, 4.69) is 64.9 Å². The van der Waals surface area contributed by atoms with Gasteiger partial charge in [0.2, 0.25) is 5.91 Å². The van der Waals surface area contributed by atoms with Gasteiger partial charge in [0.1, 0.15) is 0 Å². The Kier molecular flexibility index (Phi) is 7.64. The van der Waals surface area contributed by atoms with Gasteiger partial charge < -0.3 is 20.4 Å². The third-order valence-electron chi connectivity index (χ3n) is 6.31. The van der Waals surface area contributed by atoms with Gasteiger partial charge in [0.15, 0.2) is 5.96 Å². The number of hydrogen-bond donors (Lipinski definition) is 2. The van der Waals surface area contributed by atoms with Gasteiger partial charge in [-0.3, -0.25) is 9.79 Å². The van der Waals surface area contributed by atoms with Gasteiger partial charge in [-0.2, -0.15) is 0 Å². The molecule has 2 aromatic carbocycles. The van der Waals surface area contributed by atoms with Crippen molar-refractivity contribution in [2.45, 2.75) is 45.1 Å². The van der Waals surface area contributed by atoms with Gasteiger partial charge in [-0.1, -0.05) is 36.4 Å². The number of carbonyl (C=O) groups excluding carboxylic acids is 1.